The second-order valence-electron chi connectivity index (χ2n) is 2.50. The first-order chi connectivity index (χ1) is 6.67. The van der Waals surface area contributed by atoms with Gasteiger partial charge in [0.1, 0.15) is 0 Å². The van der Waals surface area contributed by atoms with Crippen molar-refractivity contribution in [2.75, 3.05) is 19.5 Å². The van der Waals surface area contributed by atoms with Crippen LogP contribution in [0.2, 0.25) is 0 Å². The Balaban J connectivity index is 2.81. The van der Waals surface area contributed by atoms with Gasteiger partial charge in [-0.25, -0.2) is 4.79 Å². The number of carbonyl (C=O) groups is 1. The average Bonchev–Trinajstić information content (AvgIpc) is 2.18. The molecule has 0 fully saturated rings. The molecular weight excluding hydrogens is 186 g/mol. The number of benzene rings is 1. The lowest BCUT2D eigenvalue weighted by atomic mass is 10.3. The number of aromatic hydroxyl groups is 1. The highest BCUT2D eigenvalue weighted by Crippen LogP contribution is 2.28. The van der Waals surface area contributed by atoms with Crippen LogP contribution in [0.3, 0.4) is 0 Å². The summed E-state index contributed by atoms with van der Waals surface area (Å²) in [7, 11) is 2.71. The van der Waals surface area contributed by atoms with Crippen molar-refractivity contribution in [1.82, 2.24) is 0 Å². The molecule has 0 spiro atoms. The smallest absolute Gasteiger partial charge is 0.411 e. The summed E-state index contributed by atoms with van der Waals surface area (Å²) >= 11 is 0. The highest BCUT2D eigenvalue weighted by molar-refractivity contribution is 5.84. The summed E-state index contributed by atoms with van der Waals surface area (Å²) in [6.07, 6.45) is -0.588. The maximum absolute atomic E-state index is 10.8. The van der Waals surface area contributed by atoms with Crippen molar-refractivity contribution in [3.05, 3.63) is 18.2 Å². The fourth-order valence-electron chi connectivity index (χ4n) is 0.937. The number of ether oxygens (including phenoxy) is 2. The SMILES string of the molecule is COC(=O)Nc1ccc(OC)c(O)c1. The monoisotopic (exact) mass is 197 g/mol. The van der Waals surface area contributed by atoms with Crippen molar-refractivity contribution < 1.29 is 19.4 Å². The quantitative estimate of drug-likeness (QED) is 0.755. The Labute approximate surface area is 81.3 Å². The van der Waals surface area contributed by atoms with E-state index in [1.165, 1.54) is 20.3 Å². The van der Waals surface area contributed by atoms with Crippen molar-refractivity contribution in [1.29, 1.82) is 0 Å². The highest BCUT2D eigenvalue weighted by Gasteiger charge is 2.04. The molecule has 0 aromatic heterocycles. The van der Waals surface area contributed by atoms with Gasteiger partial charge in [-0.15, -0.1) is 0 Å². The predicted molar refractivity (Wildman–Crippen MR) is 50.7 cm³/mol. The third-order valence-electron chi connectivity index (χ3n) is 1.61. The maximum Gasteiger partial charge on any atom is 0.411 e. The van der Waals surface area contributed by atoms with Crippen LogP contribution in [0.4, 0.5) is 10.5 Å². The lowest BCUT2D eigenvalue weighted by Crippen LogP contribution is -2.10. The standard InChI is InChI=1S/C9H11NO4/c1-13-8-4-3-6(5-7(8)11)10-9(12)14-2/h3-5,11H,1-2H3,(H,10,12). The molecule has 0 heterocycles. The van der Waals surface area contributed by atoms with Gasteiger partial charge in [-0.2, -0.15) is 0 Å². The fourth-order valence-corrected chi connectivity index (χ4v) is 0.937. The van der Waals surface area contributed by atoms with E-state index in [9.17, 15) is 9.90 Å². The van der Waals surface area contributed by atoms with E-state index in [2.05, 4.69) is 10.1 Å². The van der Waals surface area contributed by atoms with Crippen molar-refractivity contribution in [3.8, 4) is 11.5 Å². The number of hydrogen-bond donors (Lipinski definition) is 2. The zero-order chi connectivity index (χ0) is 10.6. The van der Waals surface area contributed by atoms with E-state index < -0.39 is 6.09 Å². The maximum atomic E-state index is 10.8. The molecule has 1 rings (SSSR count). The van der Waals surface area contributed by atoms with E-state index in [0.29, 0.717) is 11.4 Å². The van der Waals surface area contributed by atoms with Crippen LogP contribution in [0, 0.1) is 0 Å². The molecule has 1 amide bonds. The summed E-state index contributed by atoms with van der Waals surface area (Å²) in [6, 6.07) is 4.51. The third-order valence-corrected chi connectivity index (χ3v) is 1.61. The van der Waals surface area contributed by atoms with Gasteiger partial charge in [0, 0.05) is 11.8 Å². The Hall–Kier alpha value is -1.91. The summed E-state index contributed by atoms with van der Waals surface area (Å²) in [5.74, 6) is 0.307. The van der Waals surface area contributed by atoms with Crippen LogP contribution in [-0.4, -0.2) is 25.4 Å². The van der Waals surface area contributed by atoms with Crippen LogP contribution in [-0.2, 0) is 4.74 Å². The topological polar surface area (TPSA) is 67.8 Å². The van der Waals surface area contributed by atoms with E-state index >= 15 is 0 Å². The Morgan fingerprint density at radius 3 is 2.64 bits per heavy atom. The minimum absolute atomic E-state index is 0.0404. The molecule has 14 heavy (non-hydrogen) atoms. The molecule has 0 aliphatic heterocycles. The second kappa shape index (κ2) is 4.36. The average molecular weight is 197 g/mol. The summed E-state index contributed by atoms with van der Waals surface area (Å²) in [5.41, 5.74) is 0.440. The first-order valence-electron chi connectivity index (χ1n) is 3.89. The number of rotatable bonds is 2. The Bertz CT molecular complexity index is 338. The minimum atomic E-state index is -0.588. The minimum Gasteiger partial charge on any atom is -0.504 e. The van der Waals surface area contributed by atoms with Crippen LogP contribution in [0.15, 0.2) is 18.2 Å². The van der Waals surface area contributed by atoms with Crippen molar-refractivity contribution in [2.45, 2.75) is 0 Å². The van der Waals surface area contributed by atoms with Gasteiger partial charge < -0.3 is 14.6 Å². The number of phenols is 1. The molecule has 1 aromatic rings. The van der Waals surface area contributed by atoms with Gasteiger partial charge in [-0.05, 0) is 12.1 Å². The summed E-state index contributed by atoms with van der Waals surface area (Å²) in [6.45, 7) is 0. The zero-order valence-electron chi connectivity index (χ0n) is 7.90. The molecule has 2 N–H and O–H groups in total. The van der Waals surface area contributed by atoms with Crippen molar-refractivity contribution in [3.63, 3.8) is 0 Å². The van der Waals surface area contributed by atoms with E-state index in [1.54, 1.807) is 12.1 Å². The third kappa shape index (κ3) is 2.29. The number of carbonyl (C=O) groups excluding carboxylic acids is 1. The molecular formula is C9H11NO4. The molecule has 0 unspecified atom stereocenters. The lowest BCUT2D eigenvalue weighted by Gasteiger charge is -2.06. The van der Waals surface area contributed by atoms with Gasteiger partial charge in [0.15, 0.2) is 11.5 Å². The van der Waals surface area contributed by atoms with Crippen molar-refractivity contribution in [2.24, 2.45) is 0 Å². The molecule has 1 aromatic carbocycles. The van der Waals surface area contributed by atoms with Crippen LogP contribution in [0.5, 0.6) is 11.5 Å². The molecule has 0 saturated heterocycles. The normalized spacial score (nSPS) is 9.29. The van der Waals surface area contributed by atoms with Gasteiger partial charge in [0.2, 0.25) is 0 Å². The molecule has 0 aliphatic rings. The number of amides is 1. The molecule has 0 saturated carbocycles. The number of phenolic OH excluding ortho intramolecular Hbond substituents is 1. The van der Waals surface area contributed by atoms with Gasteiger partial charge >= 0.3 is 6.09 Å². The molecule has 0 atom stereocenters. The Morgan fingerprint density at radius 2 is 2.14 bits per heavy atom. The van der Waals surface area contributed by atoms with Gasteiger partial charge in [-0.3, -0.25) is 5.32 Å². The van der Waals surface area contributed by atoms with Gasteiger partial charge in [-0.1, -0.05) is 0 Å². The van der Waals surface area contributed by atoms with E-state index in [1.807, 2.05) is 0 Å². The van der Waals surface area contributed by atoms with Crippen LogP contribution in [0.25, 0.3) is 0 Å². The lowest BCUT2D eigenvalue weighted by molar-refractivity contribution is 0.187. The molecule has 0 radical (unpaired) electrons. The molecule has 76 valence electrons. The van der Waals surface area contributed by atoms with Crippen molar-refractivity contribution >= 4 is 11.8 Å². The van der Waals surface area contributed by atoms with Gasteiger partial charge in [0.25, 0.3) is 0 Å². The molecule has 5 nitrogen and oxygen atoms in total. The number of nitrogens with one attached hydrogen (secondary N) is 1. The first-order valence-corrected chi connectivity index (χ1v) is 3.89. The largest absolute Gasteiger partial charge is 0.504 e. The fraction of sp³-hybridized carbons (Fsp3) is 0.222. The molecule has 5 heteroatoms. The zero-order valence-corrected chi connectivity index (χ0v) is 7.90. The molecule has 0 bridgehead atoms. The Morgan fingerprint density at radius 1 is 1.43 bits per heavy atom. The Kier molecular flexibility index (Phi) is 3.17. The van der Waals surface area contributed by atoms with E-state index in [-0.39, 0.29) is 5.75 Å². The predicted octanol–water partition coefficient (Wildman–Crippen LogP) is 1.58. The number of hydrogen-bond acceptors (Lipinski definition) is 4. The summed E-state index contributed by atoms with van der Waals surface area (Å²) in [5, 5.41) is 11.8. The summed E-state index contributed by atoms with van der Waals surface area (Å²) < 4.78 is 9.22. The number of methoxy groups -OCH3 is 2. The first kappa shape index (κ1) is 10.2. The van der Waals surface area contributed by atoms with Crippen LogP contribution < -0.4 is 10.1 Å². The molecule has 0 aliphatic carbocycles. The highest BCUT2D eigenvalue weighted by atomic mass is 16.5. The number of anilines is 1. The van der Waals surface area contributed by atoms with Gasteiger partial charge in [0.05, 0.1) is 14.2 Å². The second-order valence-corrected chi connectivity index (χ2v) is 2.50. The van der Waals surface area contributed by atoms with E-state index in [0.717, 1.165) is 0 Å². The summed E-state index contributed by atoms with van der Waals surface area (Å²) in [4.78, 5) is 10.8. The van der Waals surface area contributed by atoms with Crippen LogP contribution in [0.1, 0.15) is 0 Å². The van der Waals surface area contributed by atoms with E-state index in [4.69, 9.17) is 4.74 Å². The van der Waals surface area contributed by atoms with Crippen LogP contribution >= 0.6 is 0 Å².